The van der Waals surface area contributed by atoms with E-state index in [0.717, 1.165) is 4.90 Å². The number of hydrogen-bond acceptors (Lipinski definition) is 3. The largest absolute Gasteiger partial charge is 0.323 e. The molecular weight excluding hydrogens is 390 g/mol. The van der Waals surface area contributed by atoms with Crippen molar-refractivity contribution in [3.63, 3.8) is 0 Å². The fourth-order valence-electron chi connectivity index (χ4n) is 3.26. The topological polar surface area (TPSA) is 78.5 Å². The fraction of sp³-hybridized carbons (Fsp3) is 0.0455. The van der Waals surface area contributed by atoms with Gasteiger partial charge in [0.25, 0.3) is 11.8 Å². The Hall–Kier alpha value is -3.64. The van der Waals surface area contributed by atoms with Crippen LogP contribution in [0.25, 0.3) is 0 Å². The molecule has 4 amide bonds. The summed E-state index contributed by atoms with van der Waals surface area (Å²) >= 11 is 6.12. The number of anilines is 3. The molecule has 3 aromatic rings. The normalized spacial score (nSPS) is 12.7. The van der Waals surface area contributed by atoms with Crippen LogP contribution in [0.4, 0.5) is 21.9 Å². The molecule has 1 aliphatic rings. The van der Waals surface area contributed by atoms with Crippen LogP contribution in [0, 0.1) is 6.92 Å². The molecule has 7 heteroatoms. The molecule has 0 bridgehead atoms. The Morgan fingerprint density at radius 2 is 1.59 bits per heavy atom. The van der Waals surface area contributed by atoms with Gasteiger partial charge in [-0.1, -0.05) is 35.9 Å². The Morgan fingerprint density at radius 1 is 0.862 bits per heavy atom. The van der Waals surface area contributed by atoms with Gasteiger partial charge in [0.1, 0.15) is 0 Å². The summed E-state index contributed by atoms with van der Waals surface area (Å²) in [5.74, 6) is -0.876. The quantitative estimate of drug-likeness (QED) is 0.595. The van der Waals surface area contributed by atoms with Crippen LogP contribution in [0.3, 0.4) is 0 Å². The standard InChI is InChI=1S/C22H16ClN3O3/c1-13-12-15(25-22(29)24-14-6-3-2-4-7-14)10-11-18(13)26-20(27)16-8-5-9-17(23)19(16)21(26)28/h2-12H,1H3,(H2,24,25,29). The highest BCUT2D eigenvalue weighted by molar-refractivity contribution is 6.42. The number of para-hydroxylation sites is 1. The molecule has 4 rings (SSSR count). The van der Waals surface area contributed by atoms with Gasteiger partial charge in [0.05, 0.1) is 21.8 Å². The molecule has 1 aliphatic heterocycles. The van der Waals surface area contributed by atoms with Crippen LogP contribution in [0.5, 0.6) is 0 Å². The predicted molar refractivity (Wildman–Crippen MR) is 113 cm³/mol. The number of nitrogens with zero attached hydrogens (tertiary/aromatic N) is 1. The van der Waals surface area contributed by atoms with Crippen molar-refractivity contribution in [2.24, 2.45) is 0 Å². The molecule has 144 valence electrons. The number of urea groups is 1. The lowest BCUT2D eigenvalue weighted by Crippen LogP contribution is -2.30. The van der Waals surface area contributed by atoms with Gasteiger partial charge in [0.2, 0.25) is 0 Å². The van der Waals surface area contributed by atoms with E-state index in [0.29, 0.717) is 22.6 Å². The number of carbonyl (C=O) groups excluding carboxylic acids is 3. The number of rotatable bonds is 3. The monoisotopic (exact) mass is 405 g/mol. The first-order valence-corrected chi connectivity index (χ1v) is 9.24. The molecule has 0 radical (unpaired) electrons. The molecule has 0 saturated heterocycles. The molecule has 0 atom stereocenters. The molecule has 0 aromatic heterocycles. The fourth-order valence-corrected chi connectivity index (χ4v) is 3.52. The van der Waals surface area contributed by atoms with E-state index in [1.807, 2.05) is 18.2 Å². The summed E-state index contributed by atoms with van der Waals surface area (Å²) in [6.07, 6.45) is 0. The van der Waals surface area contributed by atoms with Crippen molar-refractivity contribution in [1.29, 1.82) is 0 Å². The van der Waals surface area contributed by atoms with Gasteiger partial charge >= 0.3 is 6.03 Å². The van der Waals surface area contributed by atoms with E-state index in [1.165, 1.54) is 0 Å². The van der Waals surface area contributed by atoms with E-state index in [2.05, 4.69) is 10.6 Å². The average molecular weight is 406 g/mol. The van der Waals surface area contributed by atoms with Crippen LogP contribution >= 0.6 is 11.6 Å². The molecule has 29 heavy (non-hydrogen) atoms. The molecule has 0 unspecified atom stereocenters. The van der Waals surface area contributed by atoms with Crippen LogP contribution in [-0.2, 0) is 0 Å². The first-order valence-electron chi connectivity index (χ1n) is 8.86. The highest BCUT2D eigenvalue weighted by atomic mass is 35.5. The minimum absolute atomic E-state index is 0.211. The molecule has 3 aromatic carbocycles. The van der Waals surface area contributed by atoms with Crippen LogP contribution in [0.15, 0.2) is 66.7 Å². The van der Waals surface area contributed by atoms with Gasteiger partial charge in [-0.25, -0.2) is 9.69 Å². The minimum atomic E-state index is -0.457. The second-order valence-electron chi connectivity index (χ2n) is 6.55. The number of fused-ring (bicyclic) bond motifs is 1. The molecule has 6 nitrogen and oxygen atoms in total. The Kier molecular flexibility index (Phi) is 4.78. The first kappa shape index (κ1) is 18.7. The lowest BCUT2D eigenvalue weighted by molar-refractivity contribution is 0.0926. The molecule has 0 aliphatic carbocycles. The van der Waals surface area contributed by atoms with Gasteiger partial charge in [-0.2, -0.15) is 0 Å². The van der Waals surface area contributed by atoms with Crippen LogP contribution in [0.2, 0.25) is 5.02 Å². The summed E-state index contributed by atoms with van der Waals surface area (Å²) in [7, 11) is 0. The highest BCUT2D eigenvalue weighted by Gasteiger charge is 2.38. The van der Waals surface area contributed by atoms with Crippen molar-refractivity contribution >= 4 is 46.5 Å². The van der Waals surface area contributed by atoms with E-state index in [-0.39, 0.29) is 16.1 Å². The van der Waals surface area contributed by atoms with Crippen LogP contribution in [0.1, 0.15) is 26.3 Å². The number of aryl methyl sites for hydroxylation is 1. The highest BCUT2D eigenvalue weighted by Crippen LogP contribution is 2.34. The summed E-state index contributed by atoms with van der Waals surface area (Å²) < 4.78 is 0. The van der Waals surface area contributed by atoms with Crippen molar-refractivity contribution in [3.05, 3.63) is 88.4 Å². The van der Waals surface area contributed by atoms with Crippen LogP contribution in [-0.4, -0.2) is 17.8 Å². The smallest absolute Gasteiger partial charge is 0.308 e. The third-order valence-electron chi connectivity index (χ3n) is 4.59. The van der Waals surface area contributed by atoms with E-state index in [9.17, 15) is 14.4 Å². The van der Waals surface area contributed by atoms with Crippen molar-refractivity contribution < 1.29 is 14.4 Å². The second-order valence-corrected chi connectivity index (χ2v) is 6.96. The maximum absolute atomic E-state index is 12.8. The van der Waals surface area contributed by atoms with Gasteiger partial charge in [-0.3, -0.25) is 9.59 Å². The Morgan fingerprint density at radius 3 is 2.28 bits per heavy atom. The summed E-state index contributed by atoms with van der Waals surface area (Å²) in [5, 5.41) is 5.71. The molecule has 2 N–H and O–H groups in total. The van der Waals surface area contributed by atoms with Gasteiger partial charge in [-0.15, -0.1) is 0 Å². The number of carbonyl (C=O) groups is 3. The maximum atomic E-state index is 12.8. The molecule has 0 saturated carbocycles. The van der Waals surface area contributed by atoms with Crippen molar-refractivity contribution in [1.82, 2.24) is 0 Å². The average Bonchev–Trinajstić information content (AvgIpc) is 2.94. The second kappa shape index (κ2) is 7.41. The Balaban J connectivity index is 1.55. The third kappa shape index (κ3) is 3.46. The predicted octanol–water partition coefficient (Wildman–Crippen LogP) is 5.09. The van der Waals surface area contributed by atoms with E-state index in [4.69, 9.17) is 11.6 Å². The Bertz CT molecular complexity index is 1150. The lowest BCUT2D eigenvalue weighted by Gasteiger charge is -2.18. The molecule has 1 heterocycles. The zero-order valence-electron chi connectivity index (χ0n) is 15.4. The summed E-state index contributed by atoms with van der Waals surface area (Å²) in [6, 6.07) is 18.4. The van der Waals surface area contributed by atoms with Crippen molar-refractivity contribution in [2.75, 3.05) is 15.5 Å². The van der Waals surface area contributed by atoms with E-state index < -0.39 is 17.8 Å². The number of amides is 4. The zero-order chi connectivity index (χ0) is 20.5. The Labute approximate surface area is 172 Å². The van der Waals surface area contributed by atoms with E-state index in [1.54, 1.807) is 55.5 Å². The lowest BCUT2D eigenvalue weighted by atomic mass is 10.1. The molecule has 0 spiro atoms. The number of benzene rings is 3. The summed E-state index contributed by atoms with van der Waals surface area (Å²) in [5.41, 5.74) is 2.80. The number of hydrogen-bond donors (Lipinski definition) is 2. The van der Waals surface area contributed by atoms with Gasteiger partial charge in [0.15, 0.2) is 0 Å². The minimum Gasteiger partial charge on any atom is -0.308 e. The zero-order valence-corrected chi connectivity index (χ0v) is 16.2. The van der Waals surface area contributed by atoms with Crippen molar-refractivity contribution in [2.45, 2.75) is 6.92 Å². The molecule has 0 fully saturated rings. The maximum Gasteiger partial charge on any atom is 0.323 e. The van der Waals surface area contributed by atoms with Gasteiger partial charge < -0.3 is 10.6 Å². The van der Waals surface area contributed by atoms with Gasteiger partial charge in [0, 0.05) is 11.4 Å². The van der Waals surface area contributed by atoms with Gasteiger partial charge in [-0.05, 0) is 55.0 Å². The summed E-state index contributed by atoms with van der Waals surface area (Å²) in [6.45, 7) is 1.76. The summed E-state index contributed by atoms with van der Waals surface area (Å²) in [4.78, 5) is 38.8. The van der Waals surface area contributed by atoms with E-state index >= 15 is 0 Å². The van der Waals surface area contributed by atoms with Crippen LogP contribution < -0.4 is 15.5 Å². The van der Waals surface area contributed by atoms with Crippen molar-refractivity contribution in [3.8, 4) is 0 Å². The third-order valence-corrected chi connectivity index (χ3v) is 4.91. The SMILES string of the molecule is Cc1cc(NC(=O)Nc2ccccc2)ccc1N1C(=O)c2cccc(Cl)c2C1=O. The molecular formula is C22H16ClN3O3. The first-order chi connectivity index (χ1) is 14.0. The number of imide groups is 1. The number of halogens is 1. The number of nitrogens with one attached hydrogen (secondary N) is 2.